The Labute approximate surface area is 205 Å². The van der Waals surface area contributed by atoms with Crippen molar-refractivity contribution < 1.29 is 33.3 Å². The lowest BCUT2D eigenvalue weighted by Crippen LogP contribution is -2.43. The molecule has 0 radical (unpaired) electrons. The number of Topliss-reactive ketones (excluding diaryl/α,β-unsaturated/α-hetero) is 1. The van der Waals surface area contributed by atoms with Crippen LogP contribution < -0.4 is 14.8 Å². The number of ketones is 1. The van der Waals surface area contributed by atoms with Crippen LogP contribution in [0, 0.1) is 11.8 Å². The Balaban J connectivity index is 1.88. The summed E-state index contributed by atoms with van der Waals surface area (Å²) in [4.78, 5) is 40.1. The Morgan fingerprint density at radius 3 is 2.40 bits per heavy atom. The van der Waals surface area contributed by atoms with Gasteiger partial charge in [0.15, 0.2) is 5.78 Å². The summed E-state index contributed by atoms with van der Waals surface area (Å²) in [7, 11) is 4.37. The zero-order valence-corrected chi connectivity index (χ0v) is 20.9. The molecule has 1 aromatic rings. The molecule has 0 aromatic heterocycles. The number of esters is 2. The van der Waals surface area contributed by atoms with E-state index >= 15 is 0 Å². The topological polar surface area (TPSA) is 100 Å². The van der Waals surface area contributed by atoms with E-state index in [2.05, 4.69) is 5.32 Å². The molecular formula is C27H33NO7. The maximum Gasteiger partial charge on any atom is 0.337 e. The average molecular weight is 484 g/mol. The zero-order valence-electron chi connectivity index (χ0n) is 20.9. The van der Waals surface area contributed by atoms with Gasteiger partial charge in [0.25, 0.3) is 0 Å². The summed E-state index contributed by atoms with van der Waals surface area (Å²) in [6.07, 6.45) is 4.02. The Kier molecular flexibility index (Phi) is 7.19. The van der Waals surface area contributed by atoms with Crippen LogP contribution in [0.1, 0.15) is 57.4 Å². The van der Waals surface area contributed by atoms with Gasteiger partial charge in [-0.2, -0.15) is 0 Å². The van der Waals surface area contributed by atoms with Crippen LogP contribution in [-0.2, 0) is 23.9 Å². The number of carbonyl (C=O) groups excluding carboxylic acids is 3. The number of hydrogen-bond donors (Lipinski definition) is 1. The highest BCUT2D eigenvalue weighted by Crippen LogP contribution is 2.48. The number of carbonyl (C=O) groups is 3. The van der Waals surface area contributed by atoms with Crippen molar-refractivity contribution in [2.75, 3.05) is 21.3 Å². The molecule has 8 nitrogen and oxygen atoms in total. The van der Waals surface area contributed by atoms with Gasteiger partial charge in [-0.15, -0.1) is 0 Å². The SMILES string of the molecule is COC(=O)[C@H]1C(=O)C2=C(C[C@@H]1C)NC(C)=C(C(=O)OC1CCCC1)[C@@H]2c1cc(OC)ccc1OC. The predicted octanol–water partition coefficient (Wildman–Crippen LogP) is 3.80. The molecule has 0 saturated heterocycles. The number of ether oxygens (including phenoxy) is 4. The fraction of sp³-hybridized carbons (Fsp3) is 0.519. The summed E-state index contributed by atoms with van der Waals surface area (Å²) >= 11 is 0. The van der Waals surface area contributed by atoms with Crippen LogP contribution >= 0.6 is 0 Å². The summed E-state index contributed by atoms with van der Waals surface area (Å²) in [5.41, 5.74) is 2.64. The van der Waals surface area contributed by atoms with Crippen molar-refractivity contribution >= 4 is 17.7 Å². The monoisotopic (exact) mass is 483 g/mol. The van der Waals surface area contributed by atoms with Crippen LogP contribution in [0.3, 0.4) is 0 Å². The molecule has 0 bridgehead atoms. The molecule has 1 N–H and O–H groups in total. The van der Waals surface area contributed by atoms with E-state index in [0.717, 1.165) is 25.7 Å². The van der Waals surface area contributed by atoms with E-state index in [1.54, 1.807) is 25.3 Å². The minimum Gasteiger partial charge on any atom is -0.497 e. The van der Waals surface area contributed by atoms with E-state index in [4.69, 9.17) is 18.9 Å². The van der Waals surface area contributed by atoms with E-state index in [9.17, 15) is 14.4 Å². The predicted molar refractivity (Wildman–Crippen MR) is 128 cm³/mol. The normalized spacial score (nSPS) is 24.6. The van der Waals surface area contributed by atoms with Gasteiger partial charge in [-0.05, 0) is 63.1 Å². The Morgan fingerprint density at radius 1 is 1.06 bits per heavy atom. The molecule has 0 amide bonds. The number of benzene rings is 1. The van der Waals surface area contributed by atoms with Gasteiger partial charge in [-0.3, -0.25) is 9.59 Å². The lowest BCUT2D eigenvalue weighted by atomic mass is 9.69. The average Bonchev–Trinajstić information content (AvgIpc) is 3.35. The molecule has 8 heteroatoms. The Bertz CT molecular complexity index is 1100. The molecule has 1 aromatic carbocycles. The minimum absolute atomic E-state index is 0.143. The molecule has 188 valence electrons. The van der Waals surface area contributed by atoms with Gasteiger partial charge < -0.3 is 24.3 Å². The Morgan fingerprint density at radius 2 is 1.77 bits per heavy atom. The van der Waals surface area contributed by atoms with Crippen molar-refractivity contribution in [3.8, 4) is 11.5 Å². The lowest BCUT2D eigenvalue weighted by molar-refractivity contribution is -0.151. The molecule has 1 fully saturated rings. The second-order valence-electron chi connectivity index (χ2n) is 9.46. The molecule has 4 rings (SSSR count). The van der Waals surface area contributed by atoms with Crippen molar-refractivity contribution in [2.45, 2.75) is 58.0 Å². The molecule has 35 heavy (non-hydrogen) atoms. The van der Waals surface area contributed by atoms with Crippen LogP contribution in [0.25, 0.3) is 0 Å². The molecule has 0 spiro atoms. The number of methoxy groups -OCH3 is 3. The van der Waals surface area contributed by atoms with Crippen molar-refractivity contribution in [1.82, 2.24) is 5.32 Å². The van der Waals surface area contributed by atoms with Crippen LogP contribution in [0.5, 0.6) is 11.5 Å². The highest BCUT2D eigenvalue weighted by atomic mass is 16.5. The summed E-state index contributed by atoms with van der Waals surface area (Å²) in [6, 6.07) is 5.28. The number of allylic oxidation sites excluding steroid dienone is 3. The van der Waals surface area contributed by atoms with Gasteiger partial charge in [-0.1, -0.05) is 6.92 Å². The third-order valence-electron chi connectivity index (χ3n) is 7.29. The first-order valence-electron chi connectivity index (χ1n) is 12.1. The first-order valence-corrected chi connectivity index (χ1v) is 12.1. The van der Waals surface area contributed by atoms with Crippen LogP contribution in [0.15, 0.2) is 40.7 Å². The molecular weight excluding hydrogens is 450 g/mol. The number of rotatable bonds is 6. The molecule has 1 heterocycles. The number of nitrogens with one attached hydrogen (secondary N) is 1. The highest BCUT2D eigenvalue weighted by molar-refractivity contribution is 6.12. The molecule has 3 aliphatic rings. The van der Waals surface area contributed by atoms with Gasteiger partial charge in [0.1, 0.15) is 23.5 Å². The fourth-order valence-corrected chi connectivity index (χ4v) is 5.55. The van der Waals surface area contributed by atoms with Crippen LogP contribution in [-0.4, -0.2) is 45.2 Å². The van der Waals surface area contributed by atoms with E-state index in [1.807, 2.05) is 13.8 Å². The first kappa shape index (κ1) is 24.8. The Hall–Kier alpha value is -3.29. The fourth-order valence-electron chi connectivity index (χ4n) is 5.55. The molecule has 3 atom stereocenters. The molecule has 0 unspecified atom stereocenters. The second-order valence-corrected chi connectivity index (χ2v) is 9.46. The maximum absolute atomic E-state index is 13.9. The van der Waals surface area contributed by atoms with E-state index in [1.165, 1.54) is 14.2 Å². The quantitative estimate of drug-likeness (QED) is 0.482. The van der Waals surface area contributed by atoms with Gasteiger partial charge >= 0.3 is 11.9 Å². The van der Waals surface area contributed by atoms with Crippen molar-refractivity contribution in [2.24, 2.45) is 11.8 Å². The van der Waals surface area contributed by atoms with Crippen LogP contribution in [0.4, 0.5) is 0 Å². The van der Waals surface area contributed by atoms with E-state index < -0.39 is 23.8 Å². The molecule has 2 aliphatic carbocycles. The highest BCUT2D eigenvalue weighted by Gasteiger charge is 2.48. The van der Waals surface area contributed by atoms with Gasteiger partial charge in [0.05, 0.1) is 32.8 Å². The first-order chi connectivity index (χ1) is 16.8. The standard InChI is InChI=1S/C27H33NO7/c1-14-12-19-24(25(29)21(14)26(30)34-5)23(18-13-17(32-3)10-11-20(18)33-4)22(15(2)28-19)27(31)35-16-8-6-7-9-16/h10-11,13-14,16,21,23,28H,6-9,12H2,1-5H3/t14-,21+,23-/m0/s1. The summed E-state index contributed by atoms with van der Waals surface area (Å²) in [5.74, 6) is -2.33. The van der Waals surface area contributed by atoms with E-state index in [0.29, 0.717) is 46.0 Å². The van der Waals surface area contributed by atoms with Gasteiger partial charge in [-0.25, -0.2) is 4.79 Å². The molecule has 1 aliphatic heterocycles. The van der Waals surface area contributed by atoms with Crippen molar-refractivity contribution in [1.29, 1.82) is 0 Å². The van der Waals surface area contributed by atoms with Crippen LogP contribution in [0.2, 0.25) is 0 Å². The van der Waals surface area contributed by atoms with E-state index in [-0.39, 0.29) is 17.8 Å². The van der Waals surface area contributed by atoms with Crippen molar-refractivity contribution in [3.63, 3.8) is 0 Å². The third kappa shape index (κ3) is 4.54. The largest absolute Gasteiger partial charge is 0.497 e. The van der Waals surface area contributed by atoms with Gasteiger partial charge in [0.2, 0.25) is 0 Å². The second kappa shape index (κ2) is 10.1. The zero-order chi connectivity index (χ0) is 25.3. The number of dihydropyridines is 1. The third-order valence-corrected chi connectivity index (χ3v) is 7.29. The number of hydrogen-bond acceptors (Lipinski definition) is 8. The summed E-state index contributed by atoms with van der Waals surface area (Å²) in [6.45, 7) is 3.67. The summed E-state index contributed by atoms with van der Waals surface area (Å²) < 4.78 is 22.0. The van der Waals surface area contributed by atoms with Crippen molar-refractivity contribution in [3.05, 3.63) is 46.3 Å². The molecule has 1 saturated carbocycles. The minimum atomic E-state index is -0.954. The smallest absolute Gasteiger partial charge is 0.337 e. The maximum atomic E-state index is 13.9. The van der Waals surface area contributed by atoms with Gasteiger partial charge in [0, 0.05) is 22.5 Å². The summed E-state index contributed by atoms with van der Waals surface area (Å²) in [5, 5.41) is 3.29. The lowest BCUT2D eigenvalue weighted by Gasteiger charge is -2.38.